The van der Waals surface area contributed by atoms with Crippen LogP contribution in [0.1, 0.15) is 65.6 Å². The maximum absolute atomic E-state index is 14.1. The third-order valence-electron chi connectivity index (χ3n) is 6.97. The zero-order valence-corrected chi connectivity index (χ0v) is 21.6. The van der Waals surface area contributed by atoms with E-state index >= 15 is 0 Å². The number of aliphatic hydroxyl groups excluding tert-OH is 1. The summed E-state index contributed by atoms with van der Waals surface area (Å²) in [4.78, 5) is 40.6. The molecule has 0 spiro atoms. The highest BCUT2D eigenvalue weighted by molar-refractivity contribution is 6.09. The van der Waals surface area contributed by atoms with Crippen molar-refractivity contribution in [3.63, 3.8) is 0 Å². The van der Waals surface area contributed by atoms with E-state index in [2.05, 4.69) is 41.0 Å². The van der Waals surface area contributed by atoms with Crippen molar-refractivity contribution in [1.29, 1.82) is 0 Å². The first-order valence-electron chi connectivity index (χ1n) is 12.6. The van der Waals surface area contributed by atoms with Gasteiger partial charge in [-0.05, 0) is 40.3 Å². The van der Waals surface area contributed by atoms with Crippen molar-refractivity contribution in [3.8, 4) is 0 Å². The fraction of sp³-hybridized carbons (Fsp3) is 0.267. The Hall–Kier alpha value is -4.30. The van der Waals surface area contributed by atoms with Crippen molar-refractivity contribution in [1.82, 2.24) is 20.3 Å². The zero-order valence-electron chi connectivity index (χ0n) is 21.6. The van der Waals surface area contributed by atoms with Gasteiger partial charge in [0, 0.05) is 30.1 Å². The van der Waals surface area contributed by atoms with Crippen molar-refractivity contribution in [3.05, 3.63) is 114 Å². The number of aliphatic hydroxyl groups is 1. The predicted molar refractivity (Wildman–Crippen MR) is 145 cm³/mol. The number of aromatic nitrogens is 3. The number of imidazole rings is 1. The molecule has 2 amide bonds. The van der Waals surface area contributed by atoms with Crippen LogP contribution in [0.15, 0.2) is 85.6 Å². The van der Waals surface area contributed by atoms with Crippen LogP contribution in [-0.4, -0.2) is 38.0 Å². The van der Waals surface area contributed by atoms with Gasteiger partial charge in [0.1, 0.15) is 11.7 Å². The zero-order chi connectivity index (χ0) is 26.9. The molecule has 194 valence electrons. The second kappa shape index (κ2) is 10.2. The molecule has 8 heteroatoms. The summed E-state index contributed by atoms with van der Waals surface area (Å²) in [7, 11) is 0. The Morgan fingerprint density at radius 2 is 1.79 bits per heavy atom. The van der Waals surface area contributed by atoms with Gasteiger partial charge in [0.25, 0.3) is 5.91 Å². The van der Waals surface area contributed by atoms with Crippen molar-refractivity contribution < 1.29 is 14.7 Å². The molecule has 0 saturated carbocycles. The second-order valence-electron chi connectivity index (χ2n) is 10.6. The Morgan fingerprint density at radius 3 is 2.45 bits per heavy atom. The molecule has 2 aromatic carbocycles. The first kappa shape index (κ1) is 25.4. The number of anilines is 1. The van der Waals surface area contributed by atoms with Gasteiger partial charge in [0.2, 0.25) is 5.91 Å². The van der Waals surface area contributed by atoms with E-state index in [1.54, 1.807) is 24.5 Å². The van der Waals surface area contributed by atoms with E-state index in [1.165, 1.54) is 17.4 Å². The number of carbonyl (C=O) groups is 2. The SMILES string of the molecule is CC(C)(C)c1ccc(N(C(=O)c2cnc[nH]2)C(C(=O)N[C@H]2c3ccccc3C[C@H]2O)c2cccnc2)cc1. The molecule has 1 unspecified atom stereocenters. The number of pyridine rings is 1. The number of nitrogens with one attached hydrogen (secondary N) is 2. The number of amides is 2. The van der Waals surface area contributed by atoms with Gasteiger partial charge < -0.3 is 15.4 Å². The minimum Gasteiger partial charge on any atom is -0.390 e. The van der Waals surface area contributed by atoms with Gasteiger partial charge >= 0.3 is 0 Å². The van der Waals surface area contributed by atoms with Gasteiger partial charge in [-0.3, -0.25) is 19.5 Å². The Balaban J connectivity index is 1.59. The molecule has 5 rings (SSSR count). The lowest BCUT2D eigenvalue weighted by atomic mass is 9.87. The monoisotopic (exact) mass is 509 g/mol. The number of rotatable bonds is 6. The van der Waals surface area contributed by atoms with E-state index in [1.807, 2.05) is 48.5 Å². The van der Waals surface area contributed by atoms with Crippen LogP contribution in [0, 0.1) is 0 Å². The van der Waals surface area contributed by atoms with Gasteiger partial charge in [-0.25, -0.2) is 4.98 Å². The lowest BCUT2D eigenvalue weighted by molar-refractivity contribution is -0.124. The molecule has 2 heterocycles. The van der Waals surface area contributed by atoms with Gasteiger partial charge in [-0.2, -0.15) is 0 Å². The summed E-state index contributed by atoms with van der Waals surface area (Å²) in [6.07, 6.45) is 5.75. The molecule has 0 saturated heterocycles. The first-order valence-corrected chi connectivity index (χ1v) is 12.6. The number of nitrogens with zero attached hydrogens (tertiary/aromatic N) is 3. The Labute approximate surface area is 221 Å². The number of aromatic amines is 1. The number of benzene rings is 2. The number of fused-ring (bicyclic) bond motifs is 1. The van der Waals surface area contributed by atoms with E-state index in [0.29, 0.717) is 17.7 Å². The number of H-pyrrole nitrogens is 1. The second-order valence-corrected chi connectivity index (χ2v) is 10.6. The van der Waals surface area contributed by atoms with Crippen molar-refractivity contribution in [2.24, 2.45) is 0 Å². The van der Waals surface area contributed by atoms with E-state index in [9.17, 15) is 14.7 Å². The van der Waals surface area contributed by atoms with Crippen LogP contribution in [0.5, 0.6) is 0 Å². The highest BCUT2D eigenvalue weighted by Crippen LogP contribution is 2.35. The van der Waals surface area contributed by atoms with Crippen LogP contribution < -0.4 is 10.2 Å². The summed E-state index contributed by atoms with van der Waals surface area (Å²) >= 11 is 0. The van der Waals surface area contributed by atoms with E-state index in [0.717, 1.165) is 16.7 Å². The van der Waals surface area contributed by atoms with Crippen LogP contribution in [0.25, 0.3) is 0 Å². The molecule has 38 heavy (non-hydrogen) atoms. The molecule has 2 aromatic heterocycles. The normalized spacial score (nSPS) is 17.5. The summed E-state index contributed by atoms with van der Waals surface area (Å²) in [5.41, 5.74) is 4.22. The lowest BCUT2D eigenvalue weighted by Crippen LogP contribution is -2.46. The summed E-state index contributed by atoms with van der Waals surface area (Å²) in [5, 5.41) is 13.8. The fourth-order valence-electron chi connectivity index (χ4n) is 4.94. The van der Waals surface area contributed by atoms with E-state index in [4.69, 9.17) is 0 Å². The molecule has 1 aliphatic carbocycles. The van der Waals surface area contributed by atoms with Crippen LogP contribution in [0.4, 0.5) is 5.69 Å². The highest BCUT2D eigenvalue weighted by Gasteiger charge is 2.38. The average Bonchev–Trinajstić information content (AvgIpc) is 3.55. The molecule has 1 aliphatic rings. The van der Waals surface area contributed by atoms with Gasteiger partial charge in [-0.15, -0.1) is 0 Å². The van der Waals surface area contributed by atoms with Crippen molar-refractivity contribution >= 4 is 17.5 Å². The maximum atomic E-state index is 14.1. The average molecular weight is 510 g/mol. The van der Waals surface area contributed by atoms with E-state index in [-0.39, 0.29) is 11.1 Å². The molecule has 0 aliphatic heterocycles. The molecular formula is C30H31N5O3. The van der Waals surface area contributed by atoms with Crippen LogP contribution in [-0.2, 0) is 16.6 Å². The van der Waals surface area contributed by atoms with Crippen LogP contribution in [0.3, 0.4) is 0 Å². The molecule has 8 nitrogen and oxygen atoms in total. The van der Waals surface area contributed by atoms with Gasteiger partial charge in [0.05, 0.1) is 24.7 Å². The molecule has 0 bridgehead atoms. The standard InChI is InChI=1S/C30H31N5O3/c1-30(2,3)21-10-12-22(13-11-21)35(29(38)24-17-32-18-33-24)27(20-8-6-14-31-16-20)28(37)34-26-23-9-5-4-7-19(23)15-25(26)36/h4-14,16-18,25-27,36H,15H2,1-3H3,(H,32,33)(H,34,37)/t25-,26+,27?/m1/s1. The van der Waals surface area contributed by atoms with Gasteiger partial charge in [0.15, 0.2) is 0 Å². The minimum atomic E-state index is -1.06. The highest BCUT2D eigenvalue weighted by atomic mass is 16.3. The fourth-order valence-corrected chi connectivity index (χ4v) is 4.94. The summed E-state index contributed by atoms with van der Waals surface area (Å²) < 4.78 is 0. The summed E-state index contributed by atoms with van der Waals surface area (Å²) in [5.74, 6) is -0.839. The number of hydrogen-bond acceptors (Lipinski definition) is 5. The lowest BCUT2D eigenvalue weighted by Gasteiger charge is -2.32. The van der Waals surface area contributed by atoms with Gasteiger partial charge in [-0.1, -0.05) is 63.2 Å². The largest absolute Gasteiger partial charge is 0.390 e. The topological polar surface area (TPSA) is 111 Å². The van der Waals surface area contributed by atoms with Crippen molar-refractivity contribution in [2.75, 3.05) is 4.90 Å². The Morgan fingerprint density at radius 1 is 1.03 bits per heavy atom. The molecular weight excluding hydrogens is 478 g/mol. The number of hydrogen-bond donors (Lipinski definition) is 3. The minimum absolute atomic E-state index is 0.0805. The van der Waals surface area contributed by atoms with Crippen LogP contribution >= 0.6 is 0 Å². The molecule has 4 aromatic rings. The third kappa shape index (κ3) is 4.95. The number of carbonyl (C=O) groups excluding carboxylic acids is 2. The van der Waals surface area contributed by atoms with E-state index < -0.39 is 30.0 Å². The van der Waals surface area contributed by atoms with Crippen LogP contribution in [0.2, 0.25) is 0 Å². The molecule has 0 radical (unpaired) electrons. The molecule has 3 atom stereocenters. The Kier molecular flexibility index (Phi) is 6.82. The summed E-state index contributed by atoms with van der Waals surface area (Å²) in [6, 6.07) is 17.2. The predicted octanol–water partition coefficient (Wildman–Crippen LogP) is 4.26. The smallest absolute Gasteiger partial charge is 0.277 e. The van der Waals surface area contributed by atoms with Crippen molar-refractivity contribution in [2.45, 2.75) is 50.8 Å². The molecule has 0 fully saturated rings. The quantitative estimate of drug-likeness (QED) is 0.360. The first-order chi connectivity index (χ1) is 18.2. The Bertz CT molecular complexity index is 1410. The molecule has 3 N–H and O–H groups in total. The third-order valence-corrected chi connectivity index (χ3v) is 6.97. The summed E-state index contributed by atoms with van der Waals surface area (Å²) in [6.45, 7) is 6.35. The maximum Gasteiger partial charge on any atom is 0.277 e.